The van der Waals surface area contributed by atoms with Gasteiger partial charge in [-0.2, -0.15) is 0 Å². The van der Waals surface area contributed by atoms with Gasteiger partial charge in [-0.05, 0) is 32.3 Å². The van der Waals surface area contributed by atoms with Crippen LogP contribution in [-0.4, -0.2) is 47.5 Å². The third-order valence-electron chi connectivity index (χ3n) is 3.78. The van der Waals surface area contributed by atoms with Gasteiger partial charge in [-0.1, -0.05) is 43.7 Å². The van der Waals surface area contributed by atoms with Crippen LogP contribution in [0.2, 0.25) is 0 Å². The molecular weight excluding hydrogens is 306 g/mol. The first-order chi connectivity index (χ1) is 11.4. The highest BCUT2D eigenvalue weighted by Crippen LogP contribution is 2.07. The molecule has 0 heterocycles. The fraction of sp³-hybridized carbons (Fsp3) is 0.611. The number of carbonyl (C=O) groups excluding carboxylic acids is 1. The van der Waals surface area contributed by atoms with E-state index in [0.29, 0.717) is 13.0 Å². The Kier molecular flexibility index (Phi) is 9.37. The molecule has 4 N–H and O–H groups in total. The number of hydrogen-bond acceptors (Lipinski definition) is 5. The van der Waals surface area contributed by atoms with E-state index < -0.39 is 18.2 Å². The maximum absolute atomic E-state index is 11.8. The second-order valence-corrected chi connectivity index (χ2v) is 6.27. The van der Waals surface area contributed by atoms with Gasteiger partial charge in [0.2, 0.25) is 0 Å². The average Bonchev–Trinajstić information content (AvgIpc) is 2.55. The average molecular weight is 337 g/mol. The maximum Gasteiger partial charge on any atom is 0.421 e. The Morgan fingerprint density at radius 1 is 1.33 bits per heavy atom. The topological polar surface area (TPSA) is 87.8 Å². The lowest BCUT2D eigenvalue weighted by molar-refractivity contribution is 0.0387. The molecule has 0 aliphatic carbocycles. The van der Waals surface area contributed by atoms with Crippen LogP contribution >= 0.6 is 0 Å². The largest absolute Gasteiger partial charge is 0.449 e. The number of hydrazine groups is 1. The first-order valence-corrected chi connectivity index (χ1v) is 8.61. The Hall–Kier alpha value is -1.63. The number of aliphatic hydroxyl groups excluding tert-OH is 1. The first-order valence-electron chi connectivity index (χ1n) is 8.61. The zero-order valence-electron chi connectivity index (χ0n) is 14.9. The number of nitrogens with zero attached hydrogens (tertiary/aromatic N) is 1. The van der Waals surface area contributed by atoms with Crippen molar-refractivity contribution in [3.63, 3.8) is 0 Å². The van der Waals surface area contributed by atoms with Gasteiger partial charge in [0.15, 0.2) is 0 Å². The Morgan fingerprint density at radius 2 is 2.00 bits per heavy atom. The SMILES string of the molecule is CCCCOC(=O)NN(C[C@H](O)[C@@H](N)Cc1ccccc1)C(C)C. The highest BCUT2D eigenvalue weighted by Gasteiger charge is 2.22. The van der Waals surface area contributed by atoms with Crippen molar-refractivity contribution < 1.29 is 14.6 Å². The number of nitrogens with two attached hydrogens (primary N) is 1. The zero-order valence-corrected chi connectivity index (χ0v) is 14.9. The monoisotopic (exact) mass is 337 g/mol. The summed E-state index contributed by atoms with van der Waals surface area (Å²) in [6.45, 7) is 6.54. The number of nitrogens with one attached hydrogen (secondary N) is 1. The van der Waals surface area contributed by atoms with E-state index in [1.807, 2.05) is 51.1 Å². The number of benzene rings is 1. The molecule has 0 aromatic heterocycles. The summed E-state index contributed by atoms with van der Waals surface area (Å²) in [5, 5.41) is 12.0. The number of amides is 1. The summed E-state index contributed by atoms with van der Waals surface area (Å²) in [6.07, 6.45) is 1.12. The van der Waals surface area contributed by atoms with Crippen LogP contribution in [0.4, 0.5) is 4.79 Å². The van der Waals surface area contributed by atoms with Crippen LogP contribution in [0.1, 0.15) is 39.2 Å². The van der Waals surface area contributed by atoms with Crippen molar-refractivity contribution in [2.24, 2.45) is 5.73 Å². The van der Waals surface area contributed by atoms with Crippen LogP contribution in [0.15, 0.2) is 30.3 Å². The zero-order chi connectivity index (χ0) is 17.9. The third kappa shape index (κ3) is 7.77. The number of ether oxygens (including phenoxy) is 1. The van der Waals surface area contributed by atoms with Gasteiger partial charge in [-0.3, -0.25) is 5.43 Å². The van der Waals surface area contributed by atoms with E-state index in [2.05, 4.69) is 5.43 Å². The molecule has 0 spiro atoms. The minimum absolute atomic E-state index is 0.0160. The summed E-state index contributed by atoms with van der Waals surface area (Å²) >= 11 is 0. The van der Waals surface area contributed by atoms with E-state index in [0.717, 1.165) is 18.4 Å². The second kappa shape index (κ2) is 11.0. The predicted octanol–water partition coefficient (Wildman–Crippen LogP) is 2.07. The lowest BCUT2D eigenvalue weighted by Crippen LogP contribution is -2.53. The van der Waals surface area contributed by atoms with Gasteiger partial charge in [0.1, 0.15) is 0 Å². The molecule has 0 saturated heterocycles. The highest BCUT2D eigenvalue weighted by atomic mass is 16.6. The molecule has 136 valence electrons. The van der Waals surface area contributed by atoms with Gasteiger partial charge >= 0.3 is 6.09 Å². The number of rotatable bonds is 10. The minimum Gasteiger partial charge on any atom is -0.449 e. The summed E-state index contributed by atoms with van der Waals surface area (Å²) in [5.74, 6) is 0. The lowest BCUT2D eigenvalue weighted by atomic mass is 10.0. The molecule has 1 rings (SSSR count). The summed E-state index contributed by atoms with van der Waals surface area (Å²) in [7, 11) is 0. The lowest BCUT2D eigenvalue weighted by Gasteiger charge is -2.30. The molecule has 0 saturated carbocycles. The quantitative estimate of drug-likeness (QED) is 0.449. The van der Waals surface area contributed by atoms with Gasteiger partial charge in [0, 0.05) is 18.6 Å². The molecule has 24 heavy (non-hydrogen) atoms. The third-order valence-corrected chi connectivity index (χ3v) is 3.78. The van der Waals surface area contributed by atoms with Crippen LogP contribution in [-0.2, 0) is 11.2 Å². The Labute approximate surface area is 144 Å². The molecule has 0 bridgehead atoms. The molecule has 2 atom stereocenters. The van der Waals surface area contributed by atoms with E-state index in [-0.39, 0.29) is 12.6 Å². The molecule has 1 amide bonds. The van der Waals surface area contributed by atoms with Gasteiger partial charge in [-0.15, -0.1) is 0 Å². The minimum atomic E-state index is -0.761. The normalized spacial score (nSPS) is 13.8. The fourth-order valence-electron chi connectivity index (χ4n) is 2.20. The molecule has 0 radical (unpaired) electrons. The Morgan fingerprint density at radius 3 is 2.58 bits per heavy atom. The van der Waals surface area contributed by atoms with Crippen molar-refractivity contribution in [2.45, 2.75) is 58.2 Å². The first kappa shape index (κ1) is 20.4. The van der Waals surface area contributed by atoms with E-state index >= 15 is 0 Å². The molecule has 6 heteroatoms. The number of unbranched alkanes of at least 4 members (excludes halogenated alkanes) is 1. The Bertz CT molecular complexity index is 468. The molecule has 1 aromatic carbocycles. The van der Waals surface area contributed by atoms with Crippen molar-refractivity contribution in [1.29, 1.82) is 0 Å². The van der Waals surface area contributed by atoms with Crippen LogP contribution in [0, 0.1) is 0 Å². The summed E-state index contributed by atoms with van der Waals surface area (Å²) in [5.41, 5.74) is 9.86. The van der Waals surface area contributed by atoms with Gasteiger partial charge in [-0.25, -0.2) is 9.80 Å². The Balaban J connectivity index is 2.49. The van der Waals surface area contributed by atoms with E-state index in [9.17, 15) is 9.90 Å². The molecule has 0 aliphatic rings. The fourth-order valence-corrected chi connectivity index (χ4v) is 2.20. The smallest absolute Gasteiger partial charge is 0.421 e. The predicted molar refractivity (Wildman–Crippen MR) is 95.4 cm³/mol. The van der Waals surface area contributed by atoms with Crippen molar-refractivity contribution >= 4 is 6.09 Å². The van der Waals surface area contributed by atoms with E-state index in [1.54, 1.807) is 5.01 Å². The second-order valence-electron chi connectivity index (χ2n) is 6.27. The van der Waals surface area contributed by atoms with E-state index in [1.165, 1.54) is 0 Å². The van der Waals surface area contributed by atoms with Crippen LogP contribution in [0.25, 0.3) is 0 Å². The maximum atomic E-state index is 11.8. The highest BCUT2D eigenvalue weighted by molar-refractivity contribution is 5.66. The van der Waals surface area contributed by atoms with E-state index in [4.69, 9.17) is 10.5 Å². The number of hydrogen-bond donors (Lipinski definition) is 3. The van der Waals surface area contributed by atoms with Crippen molar-refractivity contribution in [1.82, 2.24) is 10.4 Å². The summed E-state index contributed by atoms with van der Waals surface area (Å²) in [4.78, 5) is 11.8. The number of carbonyl (C=O) groups is 1. The van der Waals surface area contributed by atoms with Gasteiger partial charge < -0.3 is 15.6 Å². The van der Waals surface area contributed by atoms with Gasteiger partial charge in [0.25, 0.3) is 0 Å². The molecule has 0 unspecified atom stereocenters. The number of aliphatic hydroxyl groups is 1. The van der Waals surface area contributed by atoms with Crippen LogP contribution < -0.4 is 11.2 Å². The molecule has 1 aromatic rings. The molecule has 0 fully saturated rings. The van der Waals surface area contributed by atoms with Crippen molar-refractivity contribution in [3.8, 4) is 0 Å². The van der Waals surface area contributed by atoms with Gasteiger partial charge in [0.05, 0.1) is 12.7 Å². The summed E-state index contributed by atoms with van der Waals surface area (Å²) in [6, 6.07) is 9.41. The van der Waals surface area contributed by atoms with Crippen LogP contribution in [0.3, 0.4) is 0 Å². The molecule has 6 nitrogen and oxygen atoms in total. The molecular formula is C18H31N3O3. The standard InChI is InChI=1S/C18H31N3O3/c1-4-5-11-24-18(23)20-21(14(2)3)13-17(22)16(19)12-15-9-7-6-8-10-15/h6-10,14,16-17,22H,4-5,11-13,19H2,1-3H3,(H,20,23)/t16-,17-/m0/s1. The van der Waals surface area contributed by atoms with Crippen LogP contribution in [0.5, 0.6) is 0 Å². The molecule has 0 aliphatic heterocycles. The van der Waals surface area contributed by atoms with Crippen molar-refractivity contribution in [2.75, 3.05) is 13.2 Å². The van der Waals surface area contributed by atoms with Crippen molar-refractivity contribution in [3.05, 3.63) is 35.9 Å². The summed E-state index contributed by atoms with van der Waals surface area (Å²) < 4.78 is 5.10.